The highest BCUT2D eigenvalue weighted by Crippen LogP contribution is 1.96. The van der Waals surface area contributed by atoms with Gasteiger partial charge in [0, 0.05) is 6.61 Å². The lowest BCUT2D eigenvalue weighted by Gasteiger charge is -2.00. The molecular formula is C6H12O. The molecule has 0 rings (SSSR count). The standard InChI is InChI=1S/C6H12O/c1-4-7-5-6(2)3/h5-6H,2,4H2,1,3H3. The van der Waals surface area contributed by atoms with Crippen LogP contribution >= 0.6 is 0 Å². The van der Waals surface area contributed by atoms with Crippen LogP contribution in [0.5, 0.6) is 0 Å². The minimum atomic E-state index is 0.306. The smallest absolute Gasteiger partial charge is 0.0864 e. The molecule has 42 valence electrons. The molecule has 0 bridgehead atoms. The average molecular weight is 100 g/mol. The minimum absolute atomic E-state index is 0.306. The SMILES string of the molecule is [CH2]C(C)[CH]OCC. The Bertz CT molecular complexity index is 33.2. The summed E-state index contributed by atoms with van der Waals surface area (Å²) in [7, 11) is 0. The number of hydrogen-bond donors (Lipinski definition) is 0. The summed E-state index contributed by atoms with van der Waals surface area (Å²) in [6, 6.07) is 0. The van der Waals surface area contributed by atoms with Gasteiger partial charge < -0.3 is 4.74 Å². The molecule has 0 N–H and O–H groups in total. The Morgan fingerprint density at radius 3 is 2.57 bits per heavy atom. The molecule has 1 nitrogen and oxygen atoms in total. The van der Waals surface area contributed by atoms with Crippen molar-refractivity contribution in [2.24, 2.45) is 5.92 Å². The van der Waals surface area contributed by atoms with E-state index in [0.29, 0.717) is 5.92 Å². The Labute approximate surface area is 45.7 Å². The molecule has 0 saturated heterocycles. The highest BCUT2D eigenvalue weighted by atomic mass is 16.5. The van der Waals surface area contributed by atoms with Crippen LogP contribution in [0.25, 0.3) is 0 Å². The van der Waals surface area contributed by atoms with Crippen molar-refractivity contribution in [2.45, 2.75) is 13.8 Å². The van der Waals surface area contributed by atoms with Gasteiger partial charge in [0.05, 0.1) is 6.61 Å². The molecule has 7 heavy (non-hydrogen) atoms. The van der Waals surface area contributed by atoms with Gasteiger partial charge in [0.25, 0.3) is 0 Å². The Morgan fingerprint density at radius 2 is 2.43 bits per heavy atom. The molecule has 2 radical (unpaired) electrons. The molecule has 0 aromatic rings. The second-order valence-corrected chi connectivity index (χ2v) is 1.57. The van der Waals surface area contributed by atoms with Crippen molar-refractivity contribution in [2.75, 3.05) is 6.61 Å². The molecule has 0 aliphatic carbocycles. The summed E-state index contributed by atoms with van der Waals surface area (Å²) in [6.07, 6.45) is 0. The summed E-state index contributed by atoms with van der Waals surface area (Å²) in [5.41, 5.74) is 0. The van der Waals surface area contributed by atoms with Crippen LogP contribution < -0.4 is 0 Å². The first-order valence-corrected chi connectivity index (χ1v) is 2.55. The van der Waals surface area contributed by atoms with Crippen molar-refractivity contribution in [3.63, 3.8) is 0 Å². The van der Waals surface area contributed by atoms with Crippen molar-refractivity contribution < 1.29 is 4.74 Å². The van der Waals surface area contributed by atoms with Crippen molar-refractivity contribution in [1.29, 1.82) is 0 Å². The third kappa shape index (κ3) is 5.96. The van der Waals surface area contributed by atoms with Crippen molar-refractivity contribution in [1.82, 2.24) is 0 Å². The molecule has 0 aliphatic rings. The molecule has 0 aromatic heterocycles. The number of hydrogen-bond acceptors (Lipinski definition) is 1. The fourth-order valence-electron chi connectivity index (χ4n) is 0.260. The molecule has 0 saturated carbocycles. The van der Waals surface area contributed by atoms with Crippen LogP contribution in [-0.4, -0.2) is 6.61 Å². The van der Waals surface area contributed by atoms with Gasteiger partial charge >= 0.3 is 0 Å². The van der Waals surface area contributed by atoms with E-state index in [-0.39, 0.29) is 0 Å². The van der Waals surface area contributed by atoms with E-state index >= 15 is 0 Å². The van der Waals surface area contributed by atoms with E-state index in [0.717, 1.165) is 6.61 Å². The molecule has 1 atom stereocenters. The minimum Gasteiger partial charge on any atom is -0.376 e. The third-order valence-electron chi connectivity index (χ3n) is 0.495. The first-order valence-electron chi connectivity index (χ1n) is 2.55. The van der Waals surface area contributed by atoms with Crippen molar-refractivity contribution in [3.8, 4) is 0 Å². The van der Waals surface area contributed by atoms with Crippen molar-refractivity contribution >= 4 is 0 Å². The Morgan fingerprint density at radius 1 is 1.86 bits per heavy atom. The third-order valence-corrected chi connectivity index (χ3v) is 0.495. The van der Waals surface area contributed by atoms with Crippen LogP contribution in [0.3, 0.4) is 0 Å². The maximum Gasteiger partial charge on any atom is 0.0864 e. The summed E-state index contributed by atoms with van der Waals surface area (Å²) in [4.78, 5) is 0. The largest absolute Gasteiger partial charge is 0.376 e. The lowest BCUT2D eigenvalue weighted by atomic mass is 10.2. The van der Waals surface area contributed by atoms with E-state index in [2.05, 4.69) is 6.92 Å². The van der Waals surface area contributed by atoms with Crippen LogP contribution in [0, 0.1) is 19.4 Å². The van der Waals surface area contributed by atoms with Crippen LogP contribution in [0.1, 0.15) is 13.8 Å². The van der Waals surface area contributed by atoms with E-state index in [1.54, 1.807) is 6.61 Å². The molecule has 0 fully saturated rings. The van der Waals surface area contributed by atoms with Gasteiger partial charge in [-0.25, -0.2) is 0 Å². The molecule has 0 aliphatic heterocycles. The Kier molecular flexibility index (Phi) is 4.10. The highest BCUT2D eigenvalue weighted by molar-refractivity contribution is 4.62. The fourth-order valence-corrected chi connectivity index (χ4v) is 0.260. The maximum absolute atomic E-state index is 4.91. The Hall–Kier alpha value is -0.0400. The van der Waals surface area contributed by atoms with Gasteiger partial charge in [-0.05, 0) is 19.8 Å². The van der Waals surface area contributed by atoms with Crippen molar-refractivity contribution in [3.05, 3.63) is 13.5 Å². The molecular weight excluding hydrogens is 88.1 g/mol. The van der Waals surface area contributed by atoms with Crippen LogP contribution in [-0.2, 0) is 4.74 Å². The van der Waals surface area contributed by atoms with Gasteiger partial charge in [-0.1, -0.05) is 6.92 Å². The normalized spacial score (nSPS) is 10.3. The van der Waals surface area contributed by atoms with E-state index in [1.165, 1.54) is 0 Å². The van der Waals surface area contributed by atoms with E-state index in [4.69, 9.17) is 4.74 Å². The number of rotatable bonds is 3. The molecule has 0 spiro atoms. The molecule has 0 amide bonds. The van der Waals surface area contributed by atoms with E-state index in [1.807, 2.05) is 13.8 Å². The summed E-state index contributed by atoms with van der Waals surface area (Å²) in [6.45, 7) is 10.1. The van der Waals surface area contributed by atoms with E-state index in [9.17, 15) is 0 Å². The number of ether oxygens (including phenoxy) is 1. The fraction of sp³-hybridized carbons (Fsp3) is 0.667. The molecule has 0 heterocycles. The summed E-state index contributed by atoms with van der Waals surface area (Å²) in [5, 5.41) is 0. The van der Waals surface area contributed by atoms with Gasteiger partial charge in [-0.2, -0.15) is 0 Å². The Balaban J connectivity index is 2.68. The second kappa shape index (κ2) is 4.13. The summed E-state index contributed by atoms with van der Waals surface area (Å²) in [5.74, 6) is 0.306. The lowest BCUT2D eigenvalue weighted by molar-refractivity contribution is 0.194. The summed E-state index contributed by atoms with van der Waals surface area (Å²) >= 11 is 0. The van der Waals surface area contributed by atoms with Gasteiger partial charge in [0.15, 0.2) is 0 Å². The monoisotopic (exact) mass is 100 g/mol. The lowest BCUT2D eigenvalue weighted by Crippen LogP contribution is -1.93. The average Bonchev–Trinajstić information content (AvgIpc) is 1.61. The molecule has 1 heteroatoms. The van der Waals surface area contributed by atoms with Gasteiger partial charge in [0.2, 0.25) is 0 Å². The molecule has 0 aromatic carbocycles. The first kappa shape index (κ1) is 6.96. The first-order chi connectivity index (χ1) is 3.27. The zero-order chi connectivity index (χ0) is 5.70. The van der Waals surface area contributed by atoms with Crippen LogP contribution in [0.2, 0.25) is 0 Å². The van der Waals surface area contributed by atoms with Crippen LogP contribution in [0.4, 0.5) is 0 Å². The van der Waals surface area contributed by atoms with Gasteiger partial charge in [0.1, 0.15) is 0 Å². The van der Waals surface area contributed by atoms with Crippen LogP contribution in [0.15, 0.2) is 0 Å². The second-order valence-electron chi connectivity index (χ2n) is 1.57. The maximum atomic E-state index is 4.91. The predicted molar refractivity (Wildman–Crippen MR) is 30.4 cm³/mol. The predicted octanol–water partition coefficient (Wildman–Crippen LogP) is 1.65. The topological polar surface area (TPSA) is 9.23 Å². The molecule has 1 unspecified atom stereocenters. The zero-order valence-corrected chi connectivity index (χ0v) is 4.98. The van der Waals surface area contributed by atoms with Gasteiger partial charge in [-0.3, -0.25) is 0 Å². The van der Waals surface area contributed by atoms with E-state index < -0.39 is 0 Å². The zero-order valence-electron chi connectivity index (χ0n) is 4.98. The van der Waals surface area contributed by atoms with Gasteiger partial charge in [-0.15, -0.1) is 0 Å². The summed E-state index contributed by atoms with van der Waals surface area (Å²) < 4.78 is 4.91. The highest BCUT2D eigenvalue weighted by Gasteiger charge is 1.89. The quantitative estimate of drug-likeness (QED) is 0.524.